The van der Waals surface area contributed by atoms with E-state index in [1.807, 2.05) is 25.1 Å². The molecule has 1 aliphatic rings. The lowest BCUT2D eigenvalue weighted by Gasteiger charge is -2.20. The van der Waals surface area contributed by atoms with Crippen molar-refractivity contribution in [2.24, 2.45) is 5.73 Å². The molecule has 0 fully saturated rings. The molecule has 0 bridgehead atoms. The summed E-state index contributed by atoms with van der Waals surface area (Å²) >= 11 is 2.26. The van der Waals surface area contributed by atoms with E-state index in [1.54, 1.807) is 0 Å². The molecule has 1 aliphatic heterocycles. The number of rotatable bonds is 1. The van der Waals surface area contributed by atoms with Crippen molar-refractivity contribution < 1.29 is 4.74 Å². The highest BCUT2D eigenvalue weighted by molar-refractivity contribution is 14.1. The first-order valence-electron chi connectivity index (χ1n) is 6.03. The van der Waals surface area contributed by atoms with Gasteiger partial charge in [-0.3, -0.25) is 5.10 Å². The molecule has 1 atom stereocenters. The van der Waals surface area contributed by atoms with Crippen molar-refractivity contribution in [1.82, 2.24) is 10.2 Å². The molecule has 0 radical (unpaired) electrons. The first kappa shape index (κ1) is 13.0. The highest BCUT2D eigenvalue weighted by atomic mass is 127. The smallest absolute Gasteiger partial charge is 0.244 e. The Labute approximate surface area is 129 Å². The number of H-pyrrole nitrogens is 1. The minimum absolute atomic E-state index is 0.133. The molecule has 0 saturated heterocycles. The van der Waals surface area contributed by atoms with Gasteiger partial charge in [0.05, 0.1) is 16.8 Å². The van der Waals surface area contributed by atoms with Gasteiger partial charge in [-0.25, -0.2) is 0 Å². The Balaban J connectivity index is 2.15. The molecule has 1 aromatic heterocycles. The van der Waals surface area contributed by atoms with Crippen molar-refractivity contribution in [3.8, 4) is 23.2 Å². The average Bonchev–Trinajstić information content (AvgIpc) is 2.83. The maximum Gasteiger partial charge on any atom is 0.244 e. The number of aromatic amines is 1. The van der Waals surface area contributed by atoms with Crippen LogP contribution in [0.4, 0.5) is 0 Å². The molecule has 100 valence electrons. The Morgan fingerprint density at radius 1 is 1.50 bits per heavy atom. The van der Waals surface area contributed by atoms with E-state index in [9.17, 15) is 5.26 Å². The zero-order chi connectivity index (χ0) is 14.3. The molecule has 0 amide bonds. The van der Waals surface area contributed by atoms with Gasteiger partial charge in [-0.15, -0.1) is 5.10 Å². The molecule has 3 N–H and O–H groups in total. The Morgan fingerprint density at radius 2 is 2.30 bits per heavy atom. The number of nitrogens with zero attached hydrogens (tertiary/aromatic N) is 2. The summed E-state index contributed by atoms with van der Waals surface area (Å²) in [6, 6.07) is 10.2. The minimum Gasteiger partial charge on any atom is -0.420 e. The zero-order valence-electron chi connectivity index (χ0n) is 10.6. The fourth-order valence-corrected chi connectivity index (χ4v) is 2.89. The first-order chi connectivity index (χ1) is 9.61. The number of allylic oxidation sites excluding steroid dienone is 1. The van der Waals surface area contributed by atoms with Crippen LogP contribution in [0.2, 0.25) is 0 Å². The van der Waals surface area contributed by atoms with Gasteiger partial charge in [0, 0.05) is 15.1 Å². The number of nitrogens with two attached hydrogens (primary N) is 1. The van der Waals surface area contributed by atoms with Crippen LogP contribution in [-0.2, 0) is 0 Å². The average molecular weight is 378 g/mol. The van der Waals surface area contributed by atoms with Crippen LogP contribution < -0.4 is 10.5 Å². The Kier molecular flexibility index (Phi) is 3.14. The molecule has 6 heteroatoms. The van der Waals surface area contributed by atoms with Crippen LogP contribution in [0.5, 0.6) is 5.88 Å². The maximum atomic E-state index is 9.20. The van der Waals surface area contributed by atoms with Gasteiger partial charge in [0.25, 0.3) is 0 Å². The molecule has 0 saturated carbocycles. The summed E-state index contributed by atoms with van der Waals surface area (Å²) in [4.78, 5) is 0. The Hall–Kier alpha value is -2.01. The van der Waals surface area contributed by atoms with Gasteiger partial charge in [0.1, 0.15) is 6.07 Å². The number of aromatic nitrogens is 2. The molecular formula is C14H11IN4O. The van der Waals surface area contributed by atoms with Gasteiger partial charge in [-0.2, -0.15) is 5.26 Å². The van der Waals surface area contributed by atoms with Gasteiger partial charge in [0.15, 0.2) is 0 Å². The second-order valence-corrected chi connectivity index (χ2v) is 5.79. The third-order valence-electron chi connectivity index (χ3n) is 3.34. The zero-order valence-corrected chi connectivity index (χ0v) is 12.8. The predicted molar refractivity (Wildman–Crippen MR) is 82.6 cm³/mol. The number of nitrogens with one attached hydrogen (secondary N) is 1. The molecule has 1 aromatic carbocycles. The maximum absolute atomic E-state index is 9.20. The number of hydrogen-bond acceptors (Lipinski definition) is 4. The van der Waals surface area contributed by atoms with Crippen LogP contribution in [0.15, 0.2) is 35.7 Å². The van der Waals surface area contributed by atoms with Crippen molar-refractivity contribution in [3.63, 3.8) is 0 Å². The van der Waals surface area contributed by atoms with Crippen LogP contribution in [0.3, 0.4) is 0 Å². The molecule has 0 aliphatic carbocycles. The molecular weight excluding hydrogens is 367 g/mol. The van der Waals surface area contributed by atoms with Gasteiger partial charge >= 0.3 is 0 Å². The lowest BCUT2D eigenvalue weighted by atomic mass is 9.90. The molecule has 0 spiro atoms. The van der Waals surface area contributed by atoms with Crippen LogP contribution in [0.25, 0.3) is 11.3 Å². The summed E-state index contributed by atoms with van der Waals surface area (Å²) in [6.45, 7) is 1.93. The molecule has 0 unspecified atom stereocenters. The monoisotopic (exact) mass is 378 g/mol. The second-order valence-electron chi connectivity index (χ2n) is 4.54. The Bertz CT molecular complexity index is 757. The van der Waals surface area contributed by atoms with Crippen LogP contribution in [0.1, 0.15) is 18.4 Å². The van der Waals surface area contributed by atoms with Gasteiger partial charge in [-0.05, 0) is 34.7 Å². The van der Waals surface area contributed by atoms with Crippen LogP contribution >= 0.6 is 22.6 Å². The van der Waals surface area contributed by atoms with E-state index in [0.29, 0.717) is 11.5 Å². The van der Waals surface area contributed by atoms with Gasteiger partial charge in [-0.1, -0.05) is 19.1 Å². The topological polar surface area (TPSA) is 87.7 Å². The van der Waals surface area contributed by atoms with E-state index >= 15 is 0 Å². The SMILES string of the molecule is C[C@H]1C(C#N)=C(N)Oc2n[nH]c(-c3cccc(I)c3)c21. The van der Waals surface area contributed by atoms with Crippen molar-refractivity contribution >= 4 is 22.6 Å². The van der Waals surface area contributed by atoms with E-state index in [1.165, 1.54) is 0 Å². The summed E-state index contributed by atoms with van der Waals surface area (Å²) in [5, 5.41) is 16.3. The molecule has 5 nitrogen and oxygen atoms in total. The third-order valence-corrected chi connectivity index (χ3v) is 4.01. The highest BCUT2D eigenvalue weighted by Gasteiger charge is 2.31. The van der Waals surface area contributed by atoms with Crippen LogP contribution in [-0.4, -0.2) is 10.2 Å². The van der Waals surface area contributed by atoms with E-state index in [0.717, 1.165) is 20.4 Å². The number of benzene rings is 1. The normalized spacial score (nSPS) is 17.4. The summed E-state index contributed by atoms with van der Waals surface area (Å²) in [6.07, 6.45) is 0. The molecule has 3 rings (SSSR count). The second kappa shape index (κ2) is 4.83. The number of hydrogen-bond donors (Lipinski definition) is 2. The Morgan fingerprint density at radius 3 is 3.00 bits per heavy atom. The standard InChI is InChI=1S/C14H11IN4O/c1-7-10(6-16)13(17)20-14-11(7)12(18-19-14)8-3-2-4-9(15)5-8/h2-5,7H,17H2,1H3,(H,18,19)/t7-/m0/s1. The van der Waals surface area contributed by atoms with E-state index in [4.69, 9.17) is 10.5 Å². The molecule has 2 aromatic rings. The lowest BCUT2D eigenvalue weighted by molar-refractivity contribution is 0.377. The fourth-order valence-electron chi connectivity index (χ4n) is 2.35. The van der Waals surface area contributed by atoms with Crippen molar-refractivity contribution in [2.45, 2.75) is 12.8 Å². The van der Waals surface area contributed by atoms with E-state index < -0.39 is 0 Å². The minimum atomic E-state index is -0.143. The summed E-state index contributed by atoms with van der Waals surface area (Å²) in [7, 11) is 0. The fraction of sp³-hybridized carbons (Fsp3) is 0.143. The quantitative estimate of drug-likeness (QED) is 0.747. The van der Waals surface area contributed by atoms with Gasteiger partial charge in [0.2, 0.25) is 11.8 Å². The summed E-state index contributed by atoms with van der Waals surface area (Å²) in [5.41, 5.74) is 8.94. The number of fused-ring (bicyclic) bond motifs is 1. The van der Waals surface area contributed by atoms with Crippen LogP contribution in [0, 0.1) is 14.9 Å². The molecule has 20 heavy (non-hydrogen) atoms. The van der Waals surface area contributed by atoms with Gasteiger partial charge < -0.3 is 10.5 Å². The number of ether oxygens (including phenoxy) is 1. The van der Waals surface area contributed by atoms with Crippen molar-refractivity contribution in [3.05, 3.63) is 44.9 Å². The highest BCUT2D eigenvalue weighted by Crippen LogP contribution is 2.41. The predicted octanol–water partition coefficient (Wildman–Crippen LogP) is 2.87. The third kappa shape index (κ3) is 1.94. The van der Waals surface area contributed by atoms with E-state index in [-0.39, 0.29) is 11.8 Å². The first-order valence-corrected chi connectivity index (χ1v) is 7.11. The summed E-state index contributed by atoms with van der Waals surface area (Å²) < 4.78 is 6.56. The molecule has 2 heterocycles. The number of halogens is 1. The van der Waals surface area contributed by atoms with Crippen molar-refractivity contribution in [1.29, 1.82) is 5.26 Å². The van der Waals surface area contributed by atoms with E-state index in [2.05, 4.69) is 44.9 Å². The lowest BCUT2D eigenvalue weighted by Crippen LogP contribution is -2.18. The largest absolute Gasteiger partial charge is 0.420 e. The summed E-state index contributed by atoms with van der Waals surface area (Å²) in [5.74, 6) is 0.437. The number of nitriles is 1. The van der Waals surface area contributed by atoms with Crippen molar-refractivity contribution in [2.75, 3.05) is 0 Å².